The maximum absolute atomic E-state index is 11.8. The number of carbonyl (C=O) groups excluding carboxylic acids is 1. The van der Waals surface area contributed by atoms with Gasteiger partial charge in [-0.15, -0.1) is 0 Å². The summed E-state index contributed by atoms with van der Waals surface area (Å²) in [6.07, 6.45) is 2.20. The Balaban J connectivity index is 2.01. The van der Waals surface area contributed by atoms with E-state index < -0.39 is 0 Å². The summed E-state index contributed by atoms with van der Waals surface area (Å²) in [6.45, 7) is 5.82. The van der Waals surface area contributed by atoms with Crippen molar-refractivity contribution >= 4 is 11.6 Å². The maximum atomic E-state index is 11.8. The average Bonchev–Trinajstić information content (AvgIpc) is 2.92. The molecule has 0 aliphatic carbocycles. The van der Waals surface area contributed by atoms with Crippen molar-refractivity contribution in [1.82, 2.24) is 5.43 Å². The van der Waals surface area contributed by atoms with Gasteiger partial charge in [0.05, 0.1) is 5.71 Å². The van der Waals surface area contributed by atoms with Crippen LogP contribution in [0, 0.1) is 6.92 Å². The number of nitrogens with one attached hydrogen (secondary N) is 1. The molecule has 0 fully saturated rings. The molecule has 1 amide bonds. The summed E-state index contributed by atoms with van der Waals surface area (Å²) >= 11 is 0. The lowest BCUT2D eigenvalue weighted by molar-refractivity contribution is 0.0926. The summed E-state index contributed by atoms with van der Waals surface area (Å²) in [7, 11) is 0. The Kier molecular flexibility index (Phi) is 4.93. The van der Waals surface area contributed by atoms with Gasteiger partial charge in [-0.3, -0.25) is 4.79 Å². The largest absolute Gasteiger partial charge is 0.456 e. The molecule has 0 unspecified atom stereocenters. The molecule has 0 atom stereocenters. The van der Waals surface area contributed by atoms with Crippen LogP contribution < -0.4 is 5.43 Å². The Labute approximate surface area is 124 Å². The van der Waals surface area contributed by atoms with E-state index in [1.54, 1.807) is 19.1 Å². The van der Waals surface area contributed by atoms with Crippen LogP contribution in [0.3, 0.4) is 0 Å². The Morgan fingerprint density at radius 3 is 2.48 bits per heavy atom. The summed E-state index contributed by atoms with van der Waals surface area (Å²) in [5.74, 6) is 0.625. The summed E-state index contributed by atoms with van der Waals surface area (Å²) in [4.78, 5) is 11.8. The molecule has 0 spiro atoms. The van der Waals surface area contributed by atoms with Gasteiger partial charge in [0.1, 0.15) is 5.76 Å². The molecule has 1 N–H and O–H groups in total. The van der Waals surface area contributed by atoms with Gasteiger partial charge in [-0.1, -0.05) is 37.6 Å². The minimum atomic E-state index is -0.343. The number of nitrogens with zero attached hydrogens (tertiary/aromatic N) is 1. The van der Waals surface area contributed by atoms with Crippen molar-refractivity contribution in [2.75, 3.05) is 0 Å². The van der Waals surface area contributed by atoms with Crippen molar-refractivity contribution in [3.8, 4) is 0 Å². The van der Waals surface area contributed by atoms with E-state index in [1.165, 1.54) is 5.56 Å². The zero-order valence-electron chi connectivity index (χ0n) is 12.6. The van der Waals surface area contributed by atoms with Crippen molar-refractivity contribution in [2.45, 2.75) is 33.6 Å². The van der Waals surface area contributed by atoms with Gasteiger partial charge < -0.3 is 4.42 Å². The first-order valence-electron chi connectivity index (χ1n) is 7.10. The van der Waals surface area contributed by atoms with Gasteiger partial charge in [0.25, 0.3) is 0 Å². The highest BCUT2D eigenvalue weighted by Gasteiger charge is 2.09. The smallest absolute Gasteiger partial charge is 0.307 e. The minimum Gasteiger partial charge on any atom is -0.456 e. The lowest BCUT2D eigenvalue weighted by Crippen LogP contribution is -2.18. The minimum absolute atomic E-state index is 0.266. The second kappa shape index (κ2) is 6.88. The first kappa shape index (κ1) is 15.0. The highest BCUT2D eigenvalue weighted by atomic mass is 16.3. The van der Waals surface area contributed by atoms with Crippen LogP contribution >= 0.6 is 0 Å². The number of furan rings is 1. The van der Waals surface area contributed by atoms with Crippen LogP contribution in [0.4, 0.5) is 0 Å². The van der Waals surface area contributed by atoms with Gasteiger partial charge in [0.2, 0.25) is 0 Å². The molecule has 0 aliphatic rings. The van der Waals surface area contributed by atoms with Crippen molar-refractivity contribution in [2.24, 2.45) is 5.10 Å². The van der Waals surface area contributed by atoms with E-state index in [0.717, 1.165) is 24.1 Å². The fraction of sp³-hybridized carbons (Fsp3) is 0.294. The molecule has 0 aliphatic heterocycles. The molecule has 2 aromatic rings. The first-order chi connectivity index (χ1) is 10.1. The van der Waals surface area contributed by atoms with E-state index in [4.69, 9.17) is 4.42 Å². The molecule has 1 aromatic heterocycles. The number of hydrogen-bond acceptors (Lipinski definition) is 3. The predicted molar refractivity (Wildman–Crippen MR) is 83.6 cm³/mol. The lowest BCUT2D eigenvalue weighted by atomic mass is 10.1. The molecule has 1 aromatic carbocycles. The fourth-order valence-electron chi connectivity index (χ4n) is 2.01. The quantitative estimate of drug-likeness (QED) is 0.672. The zero-order valence-corrected chi connectivity index (χ0v) is 12.6. The first-order valence-corrected chi connectivity index (χ1v) is 7.10. The van der Waals surface area contributed by atoms with E-state index in [9.17, 15) is 4.79 Å². The van der Waals surface area contributed by atoms with E-state index in [-0.39, 0.29) is 11.7 Å². The Morgan fingerprint density at radius 1 is 1.19 bits per heavy atom. The molecule has 0 saturated heterocycles. The Morgan fingerprint density at radius 2 is 1.90 bits per heavy atom. The maximum Gasteiger partial charge on any atom is 0.307 e. The van der Waals surface area contributed by atoms with Crippen LogP contribution in [-0.2, 0) is 6.42 Å². The normalized spacial score (nSPS) is 11.5. The number of carbonyl (C=O) groups is 1. The number of aryl methyl sites for hydroxylation is 2. The number of rotatable bonds is 5. The summed E-state index contributed by atoms with van der Waals surface area (Å²) < 4.78 is 5.24. The van der Waals surface area contributed by atoms with Crippen molar-refractivity contribution in [3.63, 3.8) is 0 Å². The number of amides is 1. The van der Waals surface area contributed by atoms with Gasteiger partial charge in [-0.05, 0) is 43.5 Å². The fourth-order valence-corrected chi connectivity index (χ4v) is 2.01. The van der Waals surface area contributed by atoms with E-state index in [0.29, 0.717) is 5.76 Å². The van der Waals surface area contributed by atoms with Gasteiger partial charge in [0, 0.05) is 0 Å². The van der Waals surface area contributed by atoms with Gasteiger partial charge in [-0.25, -0.2) is 5.43 Å². The van der Waals surface area contributed by atoms with Gasteiger partial charge in [0.15, 0.2) is 5.76 Å². The number of benzene rings is 1. The molecule has 21 heavy (non-hydrogen) atoms. The highest BCUT2D eigenvalue weighted by molar-refractivity contribution is 6.00. The molecule has 4 heteroatoms. The monoisotopic (exact) mass is 284 g/mol. The molecule has 0 saturated carbocycles. The third-order valence-corrected chi connectivity index (χ3v) is 3.20. The Hall–Kier alpha value is -2.36. The van der Waals surface area contributed by atoms with Crippen LogP contribution in [0.2, 0.25) is 0 Å². The molecule has 1 heterocycles. The van der Waals surface area contributed by atoms with E-state index >= 15 is 0 Å². The van der Waals surface area contributed by atoms with Crippen LogP contribution in [0.1, 0.15) is 47.7 Å². The molecule has 2 rings (SSSR count). The second-order valence-corrected chi connectivity index (χ2v) is 5.00. The zero-order chi connectivity index (χ0) is 15.2. The third kappa shape index (κ3) is 4.05. The molecule has 4 nitrogen and oxygen atoms in total. The SMILES string of the molecule is CCCc1ccc(C(C)=NNC(=O)c2ccc(C)o2)cc1. The summed E-state index contributed by atoms with van der Waals surface area (Å²) in [5.41, 5.74) is 5.57. The van der Waals surface area contributed by atoms with Crippen molar-refractivity contribution in [3.05, 3.63) is 59.0 Å². The molecule has 0 bridgehead atoms. The van der Waals surface area contributed by atoms with E-state index in [1.807, 2.05) is 19.1 Å². The van der Waals surface area contributed by atoms with Gasteiger partial charge in [-0.2, -0.15) is 5.10 Å². The second-order valence-electron chi connectivity index (χ2n) is 5.00. The Bertz CT molecular complexity index is 639. The molecular weight excluding hydrogens is 264 g/mol. The predicted octanol–water partition coefficient (Wildman–Crippen LogP) is 3.69. The van der Waals surface area contributed by atoms with E-state index in [2.05, 4.69) is 29.6 Å². The number of hydrogen-bond donors (Lipinski definition) is 1. The van der Waals surface area contributed by atoms with Crippen LogP contribution in [0.5, 0.6) is 0 Å². The van der Waals surface area contributed by atoms with Crippen molar-refractivity contribution in [1.29, 1.82) is 0 Å². The standard InChI is InChI=1S/C17H20N2O2/c1-4-5-14-7-9-15(10-8-14)13(3)18-19-17(20)16-11-6-12(2)21-16/h6-11H,4-5H2,1-3H3,(H,19,20). The van der Waals surface area contributed by atoms with Crippen LogP contribution in [-0.4, -0.2) is 11.6 Å². The topological polar surface area (TPSA) is 54.6 Å². The molecule has 0 radical (unpaired) electrons. The average molecular weight is 284 g/mol. The van der Waals surface area contributed by atoms with Crippen LogP contribution in [0.15, 0.2) is 45.9 Å². The lowest BCUT2D eigenvalue weighted by Gasteiger charge is -2.03. The molecular formula is C17H20N2O2. The molecule has 110 valence electrons. The summed E-state index contributed by atoms with van der Waals surface area (Å²) in [5, 5.41) is 4.11. The number of hydrazone groups is 1. The highest BCUT2D eigenvalue weighted by Crippen LogP contribution is 2.08. The third-order valence-electron chi connectivity index (χ3n) is 3.20. The summed E-state index contributed by atoms with van der Waals surface area (Å²) in [6, 6.07) is 11.6. The van der Waals surface area contributed by atoms with Gasteiger partial charge >= 0.3 is 5.91 Å². The van der Waals surface area contributed by atoms with Crippen LogP contribution in [0.25, 0.3) is 0 Å². The van der Waals surface area contributed by atoms with Crippen molar-refractivity contribution < 1.29 is 9.21 Å².